The molecule has 156 valence electrons. The number of anilines is 3. The number of carbonyl (C=O) groups excluding carboxylic acids is 2. The lowest BCUT2D eigenvalue weighted by atomic mass is 10.1. The third kappa shape index (κ3) is 3.66. The average Bonchev–Trinajstić information content (AvgIpc) is 3.52. The summed E-state index contributed by atoms with van der Waals surface area (Å²) in [6, 6.07) is 3.22. The van der Waals surface area contributed by atoms with Crippen molar-refractivity contribution in [3.63, 3.8) is 0 Å². The van der Waals surface area contributed by atoms with Crippen LogP contribution >= 0.6 is 0 Å². The Bertz CT molecular complexity index is 1220. The van der Waals surface area contributed by atoms with Crippen molar-refractivity contribution in [1.29, 1.82) is 0 Å². The molecule has 2 amide bonds. The van der Waals surface area contributed by atoms with Crippen LogP contribution in [-0.4, -0.2) is 40.5 Å². The molecule has 30 heavy (non-hydrogen) atoms. The van der Waals surface area contributed by atoms with Gasteiger partial charge >= 0.3 is 0 Å². The third-order valence-corrected chi connectivity index (χ3v) is 5.03. The molecule has 0 radical (unpaired) electrons. The molecule has 0 aliphatic heterocycles. The van der Waals surface area contributed by atoms with Crippen LogP contribution in [0.15, 0.2) is 30.7 Å². The number of aromatic nitrogens is 3. The van der Waals surface area contributed by atoms with E-state index in [0.29, 0.717) is 11.4 Å². The van der Waals surface area contributed by atoms with E-state index in [1.165, 1.54) is 19.4 Å². The van der Waals surface area contributed by atoms with Crippen molar-refractivity contribution in [3.05, 3.63) is 41.9 Å². The number of aryl methyl sites for hydroxylation is 1. The van der Waals surface area contributed by atoms with E-state index in [-0.39, 0.29) is 28.9 Å². The Morgan fingerprint density at radius 2 is 2.17 bits per heavy atom. The first-order chi connectivity index (χ1) is 15.7. The summed E-state index contributed by atoms with van der Waals surface area (Å²) in [4.78, 5) is 29.0. The second kappa shape index (κ2) is 8.02. The van der Waals surface area contributed by atoms with Crippen LogP contribution in [-0.2, 0) is 11.2 Å². The van der Waals surface area contributed by atoms with Gasteiger partial charge in [0.2, 0.25) is 5.91 Å². The highest BCUT2D eigenvalue weighted by atomic mass is 16.5. The quantitative estimate of drug-likeness (QED) is 0.552. The molecule has 1 saturated carbocycles. The van der Waals surface area contributed by atoms with Gasteiger partial charge in [-0.05, 0) is 25.3 Å². The molecule has 3 aromatic heterocycles. The summed E-state index contributed by atoms with van der Waals surface area (Å²) < 4.78 is 29.4. The van der Waals surface area contributed by atoms with Gasteiger partial charge in [0.25, 0.3) is 5.91 Å². The molecule has 0 unspecified atom stereocenters. The van der Waals surface area contributed by atoms with Crippen molar-refractivity contribution in [3.8, 4) is 5.75 Å². The van der Waals surface area contributed by atoms with Crippen molar-refractivity contribution in [2.24, 2.45) is 5.92 Å². The SMILES string of the molecule is [2H]C([2H])([2H])NC(=O)c1cnc(NC(=O)C2CC2)cc1Nc1ccn2ncc(CC)c2c1OC. The molecule has 3 heterocycles. The smallest absolute Gasteiger partial charge is 0.254 e. The number of amides is 2. The Morgan fingerprint density at radius 3 is 2.87 bits per heavy atom. The number of methoxy groups -OCH3 is 1. The number of ether oxygens (including phenoxy) is 1. The highest BCUT2D eigenvalue weighted by molar-refractivity contribution is 6.01. The lowest BCUT2D eigenvalue weighted by Gasteiger charge is -2.16. The van der Waals surface area contributed by atoms with Crippen LogP contribution in [0.2, 0.25) is 0 Å². The van der Waals surface area contributed by atoms with Gasteiger partial charge in [-0.15, -0.1) is 0 Å². The molecule has 0 bridgehead atoms. The summed E-state index contributed by atoms with van der Waals surface area (Å²) in [5.74, 6) is -0.242. The van der Waals surface area contributed by atoms with Gasteiger partial charge < -0.3 is 20.7 Å². The summed E-state index contributed by atoms with van der Waals surface area (Å²) in [6.45, 7) is -0.664. The molecule has 1 fully saturated rings. The Hall–Kier alpha value is -3.62. The molecule has 0 aromatic carbocycles. The highest BCUT2D eigenvalue weighted by Crippen LogP contribution is 2.35. The number of hydrogen-bond acceptors (Lipinski definition) is 6. The molecule has 0 atom stereocenters. The van der Waals surface area contributed by atoms with Crippen LogP contribution < -0.4 is 20.7 Å². The van der Waals surface area contributed by atoms with E-state index in [0.717, 1.165) is 30.3 Å². The summed E-state index contributed by atoms with van der Waals surface area (Å²) in [5, 5.41) is 12.2. The summed E-state index contributed by atoms with van der Waals surface area (Å²) in [7, 11) is 1.53. The molecule has 9 nitrogen and oxygen atoms in total. The zero-order chi connectivity index (χ0) is 23.8. The van der Waals surface area contributed by atoms with Crippen molar-refractivity contribution in [2.75, 3.05) is 24.7 Å². The third-order valence-electron chi connectivity index (χ3n) is 5.03. The molecule has 0 spiro atoms. The van der Waals surface area contributed by atoms with Gasteiger partial charge in [0, 0.05) is 41.0 Å². The lowest BCUT2D eigenvalue weighted by molar-refractivity contribution is -0.117. The molecule has 0 saturated heterocycles. The standard InChI is InChI=1S/C21H24N6O3/c1-4-12-10-24-27-8-7-15(19(30-3)18(12)27)25-16-9-17(26-20(28)13-5-6-13)23-11-14(16)21(29)22-2/h7-11,13H,4-6H2,1-3H3,(H,22,29)(H2,23,25,26,28)/i2D3. The second-order valence-corrected chi connectivity index (χ2v) is 7.04. The van der Waals surface area contributed by atoms with Gasteiger partial charge in [0.15, 0.2) is 5.75 Å². The fourth-order valence-electron chi connectivity index (χ4n) is 3.27. The zero-order valence-corrected chi connectivity index (χ0v) is 16.7. The van der Waals surface area contributed by atoms with Gasteiger partial charge in [-0.2, -0.15) is 5.10 Å². The minimum absolute atomic E-state index is 0.00157. The van der Waals surface area contributed by atoms with Crippen LogP contribution in [0.4, 0.5) is 17.2 Å². The Kier molecular flexibility index (Phi) is 4.33. The molecule has 3 N–H and O–H groups in total. The van der Waals surface area contributed by atoms with E-state index in [1.807, 2.05) is 12.2 Å². The monoisotopic (exact) mass is 411 g/mol. The van der Waals surface area contributed by atoms with Gasteiger partial charge in [-0.1, -0.05) is 6.92 Å². The Morgan fingerprint density at radius 1 is 1.33 bits per heavy atom. The zero-order valence-electron chi connectivity index (χ0n) is 19.7. The minimum Gasteiger partial charge on any atom is -0.492 e. The fourth-order valence-corrected chi connectivity index (χ4v) is 3.27. The van der Waals surface area contributed by atoms with Crippen LogP contribution in [0, 0.1) is 5.92 Å². The number of rotatable bonds is 7. The first-order valence-corrected chi connectivity index (χ1v) is 9.63. The summed E-state index contributed by atoms with van der Waals surface area (Å²) in [6.07, 6.45) is 7.14. The summed E-state index contributed by atoms with van der Waals surface area (Å²) >= 11 is 0. The number of nitrogens with one attached hydrogen (secondary N) is 3. The highest BCUT2D eigenvalue weighted by Gasteiger charge is 2.30. The van der Waals surface area contributed by atoms with Gasteiger partial charge in [-0.25, -0.2) is 9.50 Å². The fraction of sp³-hybridized carbons (Fsp3) is 0.333. The molecule has 9 heteroatoms. The Labute approximate surface area is 178 Å². The van der Waals surface area contributed by atoms with Crippen LogP contribution in [0.25, 0.3) is 5.52 Å². The van der Waals surface area contributed by atoms with Crippen molar-refractivity contribution >= 4 is 34.5 Å². The van der Waals surface area contributed by atoms with Crippen LogP contribution in [0.5, 0.6) is 5.75 Å². The topological polar surface area (TPSA) is 110 Å². The lowest BCUT2D eigenvalue weighted by Crippen LogP contribution is -2.20. The molecule has 3 aromatic rings. The van der Waals surface area contributed by atoms with E-state index in [9.17, 15) is 9.59 Å². The molecule has 4 rings (SSSR count). The van der Waals surface area contributed by atoms with Gasteiger partial charge in [0.1, 0.15) is 11.3 Å². The van der Waals surface area contributed by atoms with Gasteiger partial charge in [-0.3, -0.25) is 9.59 Å². The number of carbonyl (C=O) groups is 2. The molecule has 1 aliphatic rings. The molecular formula is C21H24N6O3. The van der Waals surface area contributed by atoms with E-state index >= 15 is 0 Å². The van der Waals surface area contributed by atoms with E-state index < -0.39 is 12.9 Å². The number of pyridine rings is 2. The molecule has 1 aliphatic carbocycles. The number of fused-ring (bicyclic) bond motifs is 1. The van der Waals surface area contributed by atoms with Crippen molar-refractivity contribution < 1.29 is 18.4 Å². The minimum atomic E-state index is -2.67. The van der Waals surface area contributed by atoms with Gasteiger partial charge in [0.05, 0.1) is 30.2 Å². The molecular weight excluding hydrogens is 384 g/mol. The van der Waals surface area contributed by atoms with Crippen LogP contribution in [0.3, 0.4) is 0 Å². The number of hydrogen-bond donors (Lipinski definition) is 3. The second-order valence-electron chi connectivity index (χ2n) is 7.04. The normalized spacial score (nSPS) is 15.1. The predicted molar refractivity (Wildman–Crippen MR) is 113 cm³/mol. The van der Waals surface area contributed by atoms with E-state index in [1.54, 1.807) is 23.0 Å². The maximum atomic E-state index is 12.7. The Balaban J connectivity index is 1.75. The maximum absolute atomic E-state index is 12.7. The average molecular weight is 411 g/mol. The van der Waals surface area contributed by atoms with Crippen LogP contribution in [0.1, 0.15) is 39.8 Å². The van der Waals surface area contributed by atoms with Crippen molar-refractivity contribution in [2.45, 2.75) is 26.2 Å². The predicted octanol–water partition coefficient (Wildman–Crippen LogP) is 2.75. The summed E-state index contributed by atoms with van der Waals surface area (Å²) in [5.41, 5.74) is 2.55. The van der Waals surface area contributed by atoms with E-state index in [4.69, 9.17) is 8.85 Å². The van der Waals surface area contributed by atoms with E-state index in [2.05, 4.69) is 20.7 Å². The number of nitrogens with zero attached hydrogens (tertiary/aromatic N) is 3. The van der Waals surface area contributed by atoms with Crippen molar-refractivity contribution in [1.82, 2.24) is 19.9 Å². The maximum Gasteiger partial charge on any atom is 0.254 e. The first kappa shape index (κ1) is 16.2. The first-order valence-electron chi connectivity index (χ1n) is 11.1. The largest absolute Gasteiger partial charge is 0.492 e.